The van der Waals surface area contributed by atoms with Crippen molar-refractivity contribution in [2.45, 2.75) is 149 Å². The van der Waals surface area contributed by atoms with E-state index in [1.165, 1.54) is 109 Å². The van der Waals surface area contributed by atoms with Crippen LogP contribution in [0.4, 0.5) is 0 Å². The second-order valence-electron chi connectivity index (χ2n) is 12.9. The molecule has 49 heavy (non-hydrogen) atoms. The van der Waals surface area contributed by atoms with Crippen molar-refractivity contribution in [3.05, 3.63) is 78.4 Å². The topological polar surface area (TPSA) is 90.8 Å². The van der Waals surface area contributed by atoms with Crippen molar-refractivity contribution in [3.63, 3.8) is 0 Å². The molecule has 7 heteroatoms. The molecule has 3 rings (SSSR count). The predicted molar refractivity (Wildman–Crippen MR) is 201 cm³/mol. The van der Waals surface area contributed by atoms with Crippen molar-refractivity contribution in [1.29, 1.82) is 0 Å². The molecule has 2 aromatic heterocycles. The number of benzene rings is 1. The number of aromatic carboxylic acids is 1. The minimum Gasteiger partial charge on any atom is -0.490 e. The minimum atomic E-state index is -0.935. The van der Waals surface area contributed by atoms with Gasteiger partial charge in [0.1, 0.15) is 12.4 Å². The highest BCUT2D eigenvalue weighted by Gasteiger charge is 2.11. The number of nitrogens with zero attached hydrogens (tertiary/aromatic N) is 2. The number of rotatable bonds is 28. The van der Waals surface area contributed by atoms with Crippen LogP contribution in [-0.2, 0) is 6.61 Å². The van der Waals surface area contributed by atoms with Gasteiger partial charge >= 0.3 is 5.97 Å². The van der Waals surface area contributed by atoms with Crippen LogP contribution < -0.4 is 14.2 Å². The van der Waals surface area contributed by atoms with Gasteiger partial charge in [-0.15, -0.1) is 0 Å². The maximum atomic E-state index is 11.4. The summed E-state index contributed by atoms with van der Waals surface area (Å²) in [5.74, 6) is 1.12. The summed E-state index contributed by atoms with van der Waals surface area (Å²) in [6, 6.07) is 12.5. The monoisotopic (exact) mass is 676 g/mol. The van der Waals surface area contributed by atoms with Gasteiger partial charge in [0.2, 0.25) is 0 Å². The van der Waals surface area contributed by atoms with Crippen molar-refractivity contribution in [3.8, 4) is 17.2 Å². The van der Waals surface area contributed by atoms with Crippen LogP contribution in [0.3, 0.4) is 0 Å². The van der Waals surface area contributed by atoms with Crippen LogP contribution in [0.1, 0.15) is 158 Å². The smallest absolute Gasteiger partial charge is 0.335 e. The second-order valence-corrected chi connectivity index (χ2v) is 12.9. The third-order valence-corrected chi connectivity index (χ3v) is 8.51. The standard InChI is InChI=1S/C31H54O4.C11H10N2O/c1-3-5-7-9-11-13-15-17-19-21-25-34-29-24-23-28(31(32)33)27-30(29)35-26-22-20-18-16-14-12-10-8-6-4-2;1-5-12-6-2-10(1)9-14-11-3-7-13-8-4-11/h23-24,27H,3-22,25-26H2,1-2H3,(H,32,33);1-8H,9H2. The summed E-state index contributed by atoms with van der Waals surface area (Å²) in [5.41, 5.74) is 1.35. The van der Waals surface area contributed by atoms with E-state index in [-0.39, 0.29) is 5.56 Å². The van der Waals surface area contributed by atoms with E-state index in [1.54, 1.807) is 43.0 Å². The number of carbonyl (C=O) groups is 1. The number of pyridine rings is 2. The Kier molecular flexibility index (Phi) is 24.9. The van der Waals surface area contributed by atoms with Gasteiger partial charge in [0.25, 0.3) is 0 Å². The van der Waals surface area contributed by atoms with Crippen LogP contribution in [0, 0.1) is 0 Å². The molecule has 0 amide bonds. The van der Waals surface area contributed by atoms with Crippen molar-refractivity contribution in [1.82, 2.24) is 9.97 Å². The summed E-state index contributed by atoms with van der Waals surface area (Å²) in [6.07, 6.45) is 32.7. The number of carboxylic acid groups (broad SMARTS) is 1. The highest BCUT2D eigenvalue weighted by Crippen LogP contribution is 2.29. The van der Waals surface area contributed by atoms with Gasteiger partial charge in [0, 0.05) is 24.8 Å². The average molecular weight is 677 g/mol. The number of carboxylic acids is 1. The summed E-state index contributed by atoms with van der Waals surface area (Å²) in [5, 5.41) is 9.34. The predicted octanol–water partition coefficient (Wildman–Crippen LogP) is 12.0. The Morgan fingerprint density at radius 2 is 0.959 bits per heavy atom. The molecule has 0 saturated carbocycles. The van der Waals surface area contributed by atoms with Crippen LogP contribution >= 0.6 is 0 Å². The van der Waals surface area contributed by atoms with E-state index in [0.717, 1.165) is 30.6 Å². The van der Waals surface area contributed by atoms with Crippen LogP contribution in [0.5, 0.6) is 17.2 Å². The molecule has 0 saturated heterocycles. The highest BCUT2D eigenvalue weighted by molar-refractivity contribution is 5.88. The molecule has 1 N–H and O–H groups in total. The fraction of sp³-hybridized carbons (Fsp3) is 0.595. The lowest BCUT2D eigenvalue weighted by Crippen LogP contribution is -2.05. The van der Waals surface area contributed by atoms with Crippen LogP contribution in [0.2, 0.25) is 0 Å². The van der Waals surface area contributed by atoms with E-state index in [4.69, 9.17) is 14.2 Å². The quantitative estimate of drug-likeness (QED) is 0.0765. The Bertz CT molecular complexity index is 1150. The largest absolute Gasteiger partial charge is 0.490 e. The molecule has 0 aliphatic heterocycles. The van der Waals surface area contributed by atoms with Gasteiger partial charge in [0.05, 0.1) is 18.8 Å². The van der Waals surface area contributed by atoms with Gasteiger partial charge in [-0.1, -0.05) is 129 Å². The summed E-state index contributed by atoms with van der Waals surface area (Å²) in [4.78, 5) is 19.2. The molecule has 0 fully saturated rings. The molecule has 0 aliphatic carbocycles. The van der Waals surface area contributed by atoms with Gasteiger partial charge < -0.3 is 19.3 Å². The second kappa shape index (κ2) is 29.3. The molecule has 0 spiro atoms. The molecule has 3 aromatic rings. The molecule has 0 unspecified atom stereocenters. The van der Waals surface area contributed by atoms with E-state index >= 15 is 0 Å². The molecular weight excluding hydrogens is 612 g/mol. The maximum absolute atomic E-state index is 11.4. The summed E-state index contributed by atoms with van der Waals surface area (Å²) < 4.78 is 17.5. The first-order chi connectivity index (χ1) is 24.1. The zero-order valence-corrected chi connectivity index (χ0v) is 30.6. The Morgan fingerprint density at radius 3 is 1.43 bits per heavy atom. The summed E-state index contributed by atoms with van der Waals surface area (Å²) >= 11 is 0. The number of ether oxygens (including phenoxy) is 3. The van der Waals surface area contributed by atoms with Gasteiger partial charge in [-0.3, -0.25) is 9.97 Å². The molecule has 272 valence electrons. The zero-order chi connectivity index (χ0) is 35.0. The van der Waals surface area contributed by atoms with Gasteiger partial charge in [-0.2, -0.15) is 0 Å². The zero-order valence-electron chi connectivity index (χ0n) is 30.6. The van der Waals surface area contributed by atoms with Crippen LogP contribution in [-0.4, -0.2) is 34.3 Å². The summed E-state index contributed by atoms with van der Waals surface area (Å²) in [7, 11) is 0. The maximum Gasteiger partial charge on any atom is 0.335 e. The Hall–Kier alpha value is -3.61. The molecule has 0 atom stereocenters. The van der Waals surface area contributed by atoms with Crippen molar-refractivity contribution in [2.24, 2.45) is 0 Å². The van der Waals surface area contributed by atoms with Crippen LogP contribution in [0.25, 0.3) is 0 Å². The lowest BCUT2D eigenvalue weighted by Gasteiger charge is -2.14. The number of unbranched alkanes of at least 4 members (excludes halogenated alkanes) is 18. The minimum absolute atomic E-state index is 0.245. The first kappa shape index (κ1) is 41.6. The molecule has 0 aliphatic rings. The first-order valence-electron chi connectivity index (χ1n) is 19.2. The Morgan fingerprint density at radius 1 is 0.531 bits per heavy atom. The average Bonchev–Trinajstić information content (AvgIpc) is 3.13. The number of hydrogen-bond donors (Lipinski definition) is 1. The third kappa shape index (κ3) is 21.9. The van der Waals surface area contributed by atoms with Crippen molar-refractivity contribution < 1.29 is 24.1 Å². The molecule has 7 nitrogen and oxygen atoms in total. The van der Waals surface area contributed by atoms with E-state index in [9.17, 15) is 9.90 Å². The molecular formula is C42H64N2O5. The number of aromatic nitrogens is 2. The lowest BCUT2D eigenvalue weighted by atomic mass is 10.1. The van der Waals surface area contributed by atoms with Crippen molar-refractivity contribution in [2.75, 3.05) is 13.2 Å². The molecule has 0 bridgehead atoms. The fourth-order valence-corrected chi connectivity index (χ4v) is 5.50. The van der Waals surface area contributed by atoms with E-state index in [1.807, 2.05) is 24.3 Å². The Labute approximate surface area is 297 Å². The molecule has 0 radical (unpaired) electrons. The lowest BCUT2D eigenvalue weighted by molar-refractivity contribution is 0.0696. The summed E-state index contributed by atoms with van der Waals surface area (Å²) in [6.45, 7) is 6.34. The van der Waals surface area contributed by atoms with E-state index in [2.05, 4.69) is 23.8 Å². The van der Waals surface area contributed by atoms with Gasteiger partial charge in [0.15, 0.2) is 11.5 Å². The van der Waals surface area contributed by atoms with E-state index < -0.39 is 5.97 Å². The fourth-order valence-electron chi connectivity index (χ4n) is 5.50. The molecule has 2 heterocycles. The van der Waals surface area contributed by atoms with E-state index in [0.29, 0.717) is 31.3 Å². The number of hydrogen-bond acceptors (Lipinski definition) is 6. The molecule has 1 aromatic carbocycles. The van der Waals surface area contributed by atoms with Gasteiger partial charge in [-0.25, -0.2) is 4.79 Å². The van der Waals surface area contributed by atoms with Gasteiger partial charge in [-0.05, 0) is 60.9 Å². The Balaban J connectivity index is 0.000000488. The highest BCUT2D eigenvalue weighted by atomic mass is 16.5. The first-order valence-corrected chi connectivity index (χ1v) is 19.2. The van der Waals surface area contributed by atoms with Crippen LogP contribution in [0.15, 0.2) is 67.3 Å². The third-order valence-electron chi connectivity index (χ3n) is 8.51. The SMILES string of the molecule is CCCCCCCCCCCCOc1ccc(C(=O)O)cc1OCCCCCCCCCCCC.c1cc(COc2ccncc2)ccn1. The normalized spacial score (nSPS) is 10.7. The van der Waals surface area contributed by atoms with Crippen molar-refractivity contribution >= 4 is 5.97 Å².